The molecule has 8 nitrogen and oxygen atoms in total. The van der Waals surface area contributed by atoms with Gasteiger partial charge in [-0.05, 0) is 22.8 Å². The van der Waals surface area contributed by atoms with Gasteiger partial charge in [-0.25, -0.2) is 4.79 Å². The number of fused-ring (bicyclic) bond motifs is 4. The normalized spacial score (nSPS) is 13.6. The van der Waals surface area contributed by atoms with E-state index in [0.29, 0.717) is 27.8 Å². The van der Waals surface area contributed by atoms with Crippen molar-refractivity contribution in [3.05, 3.63) is 82.2 Å². The Kier molecular flexibility index (Phi) is 4.61. The highest BCUT2D eigenvalue weighted by molar-refractivity contribution is 8.25. The largest absolute Gasteiger partial charge is 0.465 e. The van der Waals surface area contributed by atoms with Crippen molar-refractivity contribution in [3.8, 4) is 11.1 Å². The maximum Gasteiger partial charge on any atom is 0.338 e. The van der Waals surface area contributed by atoms with Crippen LogP contribution in [-0.2, 0) is 4.74 Å². The predicted octanol–water partition coefficient (Wildman–Crippen LogP) is 5.95. The molecule has 5 rings (SSSR count). The minimum atomic E-state index is -0.707. The molecule has 154 valence electrons. The van der Waals surface area contributed by atoms with Crippen LogP contribution in [0.25, 0.3) is 16.7 Å². The number of non-ortho nitro benzene ring substituents is 2. The molecule has 2 aromatic carbocycles. The molecule has 0 bridgehead atoms. The van der Waals surface area contributed by atoms with Crippen LogP contribution in [-0.4, -0.2) is 22.9 Å². The second-order valence-corrected chi connectivity index (χ2v) is 9.72. The topological polar surface area (TPSA) is 113 Å². The van der Waals surface area contributed by atoms with Gasteiger partial charge in [0.05, 0.1) is 26.8 Å². The molecule has 11 heteroatoms. The number of hydrogen-bond donors (Lipinski definition) is 0. The number of nitrogens with zero attached hydrogens (tertiary/aromatic N) is 2. The Balaban J connectivity index is 1.85. The lowest BCUT2D eigenvalue weighted by atomic mass is 9.98. The molecule has 0 fully saturated rings. The van der Waals surface area contributed by atoms with Gasteiger partial charge in [-0.2, -0.15) is 11.3 Å². The summed E-state index contributed by atoms with van der Waals surface area (Å²) in [5.41, 5.74) is 2.52. The maximum absolute atomic E-state index is 12.5. The Hall–Kier alpha value is -3.15. The number of methoxy groups -OCH3 is 1. The van der Waals surface area contributed by atoms with Crippen LogP contribution in [0.3, 0.4) is 0 Å². The van der Waals surface area contributed by atoms with Crippen LogP contribution >= 0.6 is 34.9 Å². The highest BCUT2D eigenvalue weighted by Gasteiger charge is 2.36. The number of carbonyl (C=O) groups excluding carboxylic acids is 1. The van der Waals surface area contributed by atoms with E-state index in [4.69, 9.17) is 4.74 Å². The summed E-state index contributed by atoms with van der Waals surface area (Å²) in [7, 11) is 1.21. The zero-order valence-corrected chi connectivity index (χ0v) is 18.1. The van der Waals surface area contributed by atoms with E-state index >= 15 is 0 Å². The molecule has 0 amide bonds. The van der Waals surface area contributed by atoms with Gasteiger partial charge in [-0.1, -0.05) is 23.5 Å². The minimum Gasteiger partial charge on any atom is -0.465 e. The Morgan fingerprint density at radius 1 is 0.903 bits per heavy atom. The van der Waals surface area contributed by atoms with E-state index in [9.17, 15) is 25.0 Å². The summed E-state index contributed by atoms with van der Waals surface area (Å²) in [6.45, 7) is 0. The lowest BCUT2D eigenvalue weighted by Crippen LogP contribution is -2.05. The minimum absolute atomic E-state index is 0.0552. The Morgan fingerprint density at radius 3 is 2.16 bits per heavy atom. The standard InChI is InChI=1S/C20H10N2O6S3/c1-28-19(23)14-6-10(22(26)27)5-13-17(14)11-3-2-9(21(24)25)4-12(11)18(13)20-30-15-7-29-8-16(15)31-20/h2-8H,1H3. The number of nitro groups is 2. The van der Waals surface area contributed by atoms with E-state index < -0.39 is 15.8 Å². The summed E-state index contributed by atoms with van der Waals surface area (Å²) in [6.07, 6.45) is 0. The second kappa shape index (κ2) is 7.22. The third-order valence-electron chi connectivity index (χ3n) is 4.96. The van der Waals surface area contributed by atoms with Crippen molar-refractivity contribution in [2.45, 2.75) is 9.79 Å². The average Bonchev–Trinajstić information content (AvgIpc) is 3.42. The Bertz CT molecular complexity index is 1340. The number of ether oxygens (including phenoxy) is 1. The van der Waals surface area contributed by atoms with Gasteiger partial charge < -0.3 is 4.74 Å². The molecule has 0 atom stereocenters. The lowest BCUT2D eigenvalue weighted by molar-refractivity contribution is -0.385. The van der Waals surface area contributed by atoms with E-state index in [1.165, 1.54) is 54.9 Å². The van der Waals surface area contributed by atoms with E-state index in [1.807, 2.05) is 10.8 Å². The van der Waals surface area contributed by atoms with Crippen molar-refractivity contribution < 1.29 is 19.4 Å². The molecule has 1 aliphatic carbocycles. The zero-order valence-electron chi connectivity index (χ0n) is 15.6. The summed E-state index contributed by atoms with van der Waals surface area (Å²) in [5.74, 6) is -0.707. The highest BCUT2D eigenvalue weighted by Crippen LogP contribution is 2.60. The van der Waals surface area contributed by atoms with Crippen LogP contribution in [0.15, 0.2) is 55.1 Å². The molecule has 0 radical (unpaired) electrons. The van der Waals surface area contributed by atoms with Gasteiger partial charge in [0.1, 0.15) is 0 Å². The fourth-order valence-electron chi connectivity index (χ4n) is 3.67. The first-order valence-electron chi connectivity index (χ1n) is 8.75. The van der Waals surface area contributed by atoms with E-state index in [0.717, 1.165) is 14.0 Å². The summed E-state index contributed by atoms with van der Waals surface area (Å²) in [4.78, 5) is 36.6. The second-order valence-electron chi connectivity index (χ2n) is 6.62. The lowest BCUT2D eigenvalue weighted by Gasteiger charge is -2.09. The van der Waals surface area contributed by atoms with Gasteiger partial charge in [-0.15, -0.1) is 0 Å². The van der Waals surface area contributed by atoms with E-state index in [2.05, 4.69) is 0 Å². The van der Waals surface area contributed by atoms with Crippen LogP contribution in [0.4, 0.5) is 11.4 Å². The average molecular weight is 471 g/mol. The number of thiophene rings is 1. The van der Waals surface area contributed by atoms with Crippen molar-refractivity contribution in [2.75, 3.05) is 7.11 Å². The third-order valence-corrected chi connectivity index (χ3v) is 8.53. The summed E-state index contributed by atoms with van der Waals surface area (Å²) >= 11 is 4.60. The molecule has 31 heavy (non-hydrogen) atoms. The summed E-state index contributed by atoms with van der Waals surface area (Å²) in [5, 5.41) is 27.0. The van der Waals surface area contributed by atoms with Crippen molar-refractivity contribution in [1.29, 1.82) is 0 Å². The SMILES string of the molecule is COC(=O)c1cc([N+](=O)[O-])cc2c1-c1ccc([N+](=O)[O-])cc1C2=C1Sc2cscc2S1. The van der Waals surface area contributed by atoms with Crippen LogP contribution < -0.4 is 0 Å². The Morgan fingerprint density at radius 2 is 1.55 bits per heavy atom. The smallest absolute Gasteiger partial charge is 0.338 e. The van der Waals surface area contributed by atoms with Gasteiger partial charge in [0.15, 0.2) is 0 Å². The molecule has 0 saturated heterocycles. The summed E-state index contributed by atoms with van der Waals surface area (Å²) < 4.78 is 5.73. The molecule has 0 unspecified atom stereocenters. The van der Waals surface area contributed by atoms with Crippen LogP contribution in [0.2, 0.25) is 0 Å². The number of carbonyl (C=O) groups is 1. The molecule has 2 aliphatic rings. The monoisotopic (exact) mass is 470 g/mol. The first-order valence-corrected chi connectivity index (χ1v) is 11.3. The fraction of sp³-hybridized carbons (Fsp3) is 0.0500. The van der Waals surface area contributed by atoms with Crippen molar-refractivity contribution in [3.63, 3.8) is 0 Å². The molecule has 0 N–H and O–H groups in total. The highest BCUT2D eigenvalue weighted by atomic mass is 32.2. The molecule has 1 aliphatic heterocycles. The number of hydrogen-bond acceptors (Lipinski definition) is 9. The Labute approximate surface area is 187 Å². The van der Waals surface area contributed by atoms with Gasteiger partial charge in [0, 0.05) is 56.0 Å². The molecule has 0 spiro atoms. The number of nitro benzene ring substituents is 2. The van der Waals surface area contributed by atoms with Crippen LogP contribution in [0.5, 0.6) is 0 Å². The number of esters is 1. The first kappa shape index (κ1) is 19.8. The van der Waals surface area contributed by atoms with Gasteiger partial charge in [0.25, 0.3) is 11.4 Å². The zero-order chi connectivity index (χ0) is 21.9. The van der Waals surface area contributed by atoms with Crippen molar-refractivity contribution in [2.24, 2.45) is 0 Å². The van der Waals surface area contributed by atoms with Crippen LogP contribution in [0, 0.1) is 20.2 Å². The molecular formula is C20H10N2O6S3. The summed E-state index contributed by atoms with van der Waals surface area (Å²) in [6, 6.07) is 7.01. The number of benzene rings is 2. The molecule has 1 aromatic heterocycles. The predicted molar refractivity (Wildman–Crippen MR) is 119 cm³/mol. The van der Waals surface area contributed by atoms with E-state index in [-0.39, 0.29) is 16.9 Å². The molecule has 2 heterocycles. The maximum atomic E-state index is 12.5. The molecular weight excluding hydrogens is 460 g/mol. The van der Waals surface area contributed by atoms with Gasteiger partial charge in [0.2, 0.25) is 0 Å². The fourth-order valence-corrected chi connectivity index (χ4v) is 7.43. The van der Waals surface area contributed by atoms with Gasteiger partial charge in [-0.3, -0.25) is 20.2 Å². The molecule has 3 aromatic rings. The van der Waals surface area contributed by atoms with Crippen LogP contribution in [0.1, 0.15) is 21.5 Å². The van der Waals surface area contributed by atoms with E-state index in [1.54, 1.807) is 17.4 Å². The first-order chi connectivity index (χ1) is 14.9. The van der Waals surface area contributed by atoms with Crippen molar-refractivity contribution >= 4 is 57.8 Å². The third kappa shape index (κ3) is 3.04. The molecule has 0 saturated carbocycles. The quantitative estimate of drug-likeness (QED) is 0.205. The number of rotatable bonds is 3. The number of thioether (sulfide) groups is 2. The van der Waals surface area contributed by atoms with Gasteiger partial charge >= 0.3 is 5.97 Å². The van der Waals surface area contributed by atoms with Crippen molar-refractivity contribution in [1.82, 2.24) is 0 Å².